The SMILES string of the molecule is C.C.CC1(C)OB(c2ccc(-c3cnc4ccccc4c3)cc2)OC1(C)C.Clc1nc(-c2ccc3ccccc3c2)cc(-c2cc3ccccc3c3ccccc23)n1.c1ccc2cc(-c3cc(-c4cc5ccccc5c5ccccc45)nc(-c4ccc(-c5cnc6ccccc6c5)cc4)n3)ccc2c1. The van der Waals surface area contributed by atoms with E-state index in [9.17, 15) is 0 Å². The average Bonchev–Trinajstić information content (AvgIpc) is 1.74. The van der Waals surface area contributed by atoms with E-state index in [1.165, 1.54) is 59.2 Å². The molecule has 0 atom stereocenters. The van der Waals surface area contributed by atoms with Gasteiger partial charge in [-0.2, -0.15) is 0 Å². The summed E-state index contributed by atoms with van der Waals surface area (Å²) in [7, 11) is -0.325. The molecule has 0 N–H and O–H groups in total. The van der Waals surface area contributed by atoms with E-state index in [-0.39, 0.29) is 38.5 Å². The zero-order valence-corrected chi connectivity index (χ0v) is 57.4. The minimum Gasteiger partial charge on any atom is -0.399 e. The maximum absolute atomic E-state index is 6.42. The molecule has 1 aliphatic rings. The number of hydrogen-bond acceptors (Lipinski definition) is 8. The van der Waals surface area contributed by atoms with Gasteiger partial charge >= 0.3 is 7.12 Å². The second-order valence-electron chi connectivity index (χ2n) is 27.0. The van der Waals surface area contributed by atoms with Gasteiger partial charge in [0.1, 0.15) is 0 Å². The van der Waals surface area contributed by atoms with Crippen molar-refractivity contribution < 1.29 is 9.31 Å². The van der Waals surface area contributed by atoms with Gasteiger partial charge in [0.05, 0.1) is 45.0 Å². The van der Waals surface area contributed by atoms with Crippen molar-refractivity contribution >= 4 is 111 Å². The third-order valence-electron chi connectivity index (χ3n) is 20.0. The van der Waals surface area contributed by atoms with Crippen molar-refractivity contribution in [2.45, 2.75) is 53.8 Å². The first kappa shape index (κ1) is 67.7. The van der Waals surface area contributed by atoms with Gasteiger partial charge in [-0.15, -0.1) is 0 Å². The lowest BCUT2D eigenvalue weighted by Crippen LogP contribution is -2.41. The summed E-state index contributed by atoms with van der Waals surface area (Å²) in [5.41, 5.74) is 15.5. The molecule has 104 heavy (non-hydrogen) atoms. The Labute approximate surface area is 611 Å². The molecule has 0 aliphatic carbocycles. The van der Waals surface area contributed by atoms with Crippen LogP contribution in [0.1, 0.15) is 42.5 Å². The highest BCUT2D eigenvalue weighted by molar-refractivity contribution is 6.62. The van der Waals surface area contributed by atoms with E-state index in [1.807, 2.05) is 67.0 Å². The van der Waals surface area contributed by atoms with Gasteiger partial charge in [-0.05, 0) is 181 Å². The predicted molar refractivity (Wildman–Crippen MR) is 438 cm³/mol. The Kier molecular flexibility index (Phi) is 18.5. The summed E-state index contributed by atoms with van der Waals surface area (Å²) < 4.78 is 12.2. The van der Waals surface area contributed by atoms with Gasteiger partial charge in [0, 0.05) is 62.1 Å². The van der Waals surface area contributed by atoms with Crippen molar-refractivity contribution in [2.75, 3.05) is 0 Å². The zero-order valence-electron chi connectivity index (χ0n) is 56.6. The van der Waals surface area contributed by atoms with Gasteiger partial charge in [0.15, 0.2) is 5.82 Å². The number of pyridine rings is 2. The van der Waals surface area contributed by atoms with E-state index in [4.69, 9.17) is 30.9 Å². The van der Waals surface area contributed by atoms with E-state index in [0.717, 1.165) is 106 Å². The molecule has 4 aromatic heterocycles. The first-order valence-electron chi connectivity index (χ1n) is 34.4. The van der Waals surface area contributed by atoms with Crippen LogP contribution in [0.4, 0.5) is 0 Å². The lowest BCUT2D eigenvalue weighted by atomic mass is 9.78. The van der Waals surface area contributed by atoms with Gasteiger partial charge in [-0.25, -0.2) is 19.9 Å². The van der Waals surface area contributed by atoms with Crippen molar-refractivity contribution in [1.29, 1.82) is 0 Å². The quantitative estimate of drug-likeness (QED) is 0.0843. The predicted octanol–water partition coefficient (Wildman–Crippen LogP) is 24.5. The minimum absolute atomic E-state index is 0. The van der Waals surface area contributed by atoms with E-state index >= 15 is 0 Å². The number of benzene rings is 14. The Morgan fingerprint density at radius 3 is 1.10 bits per heavy atom. The summed E-state index contributed by atoms with van der Waals surface area (Å²) in [6.07, 6.45) is 3.86. The van der Waals surface area contributed by atoms with E-state index < -0.39 is 0 Å². The molecule has 502 valence electrons. The number of aromatic nitrogens is 6. The molecule has 1 saturated heterocycles. The highest BCUT2D eigenvalue weighted by atomic mass is 35.5. The van der Waals surface area contributed by atoms with Crippen LogP contribution < -0.4 is 5.46 Å². The van der Waals surface area contributed by atoms with Gasteiger partial charge < -0.3 is 9.31 Å². The molecule has 0 unspecified atom stereocenters. The van der Waals surface area contributed by atoms with E-state index in [0.29, 0.717) is 5.82 Å². The second kappa shape index (κ2) is 28.4. The second-order valence-corrected chi connectivity index (χ2v) is 27.3. The fourth-order valence-electron chi connectivity index (χ4n) is 13.9. The lowest BCUT2D eigenvalue weighted by molar-refractivity contribution is 0.00578. The summed E-state index contributed by atoms with van der Waals surface area (Å²) in [4.78, 5) is 28.8. The standard InChI is InChI=1S/C43H27N3.C28H17ClN2.C21H22BNO2.2CH4/c1-2-10-31-23-34(22-19-28(31)9-1)41-26-42(39-25-32-11-3-5-13-36(32)37-14-6-7-15-38(37)39)46-43(45-41)30-20-17-29(18-21-30)35-24-33-12-4-8-16-40(33)44-27-35;29-28-30-26(21-14-13-18-7-1-2-8-19(18)15-21)17-27(31-28)25-16-20-9-3-4-10-22(20)23-11-5-6-12-24(23)25;1-20(2)21(3,4)25-22(24-20)18-11-9-15(10-12-18)17-13-16-7-5-6-8-19(16)23-14-17;;/h1-27H;1-17H;5-14H,1-4H3;2*1H4. The van der Waals surface area contributed by atoms with Gasteiger partial charge in [0.2, 0.25) is 5.28 Å². The van der Waals surface area contributed by atoms with Crippen LogP contribution in [0.3, 0.4) is 0 Å². The van der Waals surface area contributed by atoms with Crippen LogP contribution in [0.15, 0.2) is 328 Å². The molecule has 0 spiro atoms. The van der Waals surface area contributed by atoms with Crippen LogP contribution in [0, 0.1) is 0 Å². The molecule has 10 heteroatoms. The summed E-state index contributed by atoms with van der Waals surface area (Å²) >= 11 is 6.42. The molecule has 5 heterocycles. The highest BCUT2D eigenvalue weighted by Gasteiger charge is 2.51. The van der Waals surface area contributed by atoms with E-state index in [1.54, 1.807) is 0 Å². The Morgan fingerprint density at radius 2 is 0.615 bits per heavy atom. The average molecular weight is 1370 g/mol. The Hall–Kier alpha value is -12.1. The normalized spacial score (nSPS) is 13.0. The molecule has 19 rings (SSSR count). The number of rotatable bonds is 8. The molecular weight excluding hydrogens is 1290 g/mol. The third-order valence-corrected chi connectivity index (χ3v) is 20.2. The molecular formula is C94H74BClN6O2. The Morgan fingerprint density at radius 1 is 0.279 bits per heavy atom. The number of para-hydroxylation sites is 2. The summed E-state index contributed by atoms with van der Waals surface area (Å²) in [5, 5.41) is 16.9. The van der Waals surface area contributed by atoms with Crippen molar-refractivity contribution in [3.63, 3.8) is 0 Å². The van der Waals surface area contributed by atoms with E-state index in [2.05, 4.69) is 308 Å². The zero-order chi connectivity index (χ0) is 68.9. The first-order chi connectivity index (χ1) is 49.9. The summed E-state index contributed by atoms with van der Waals surface area (Å²) in [5.74, 6) is 0.695. The number of hydrogen-bond donors (Lipinski definition) is 0. The number of fused-ring (bicyclic) bond motifs is 10. The summed E-state index contributed by atoms with van der Waals surface area (Å²) in [6.45, 7) is 8.29. The lowest BCUT2D eigenvalue weighted by Gasteiger charge is -2.32. The Bertz CT molecular complexity index is 6250. The number of nitrogens with zero attached hydrogens (tertiary/aromatic N) is 6. The molecule has 14 aromatic carbocycles. The van der Waals surface area contributed by atoms with Crippen LogP contribution in [0.2, 0.25) is 5.28 Å². The first-order valence-corrected chi connectivity index (χ1v) is 34.8. The van der Waals surface area contributed by atoms with Crippen LogP contribution in [-0.4, -0.2) is 48.2 Å². The molecule has 1 fully saturated rings. The fourth-order valence-corrected chi connectivity index (χ4v) is 14.1. The minimum atomic E-state index is -0.325. The smallest absolute Gasteiger partial charge is 0.399 e. The van der Waals surface area contributed by atoms with Gasteiger partial charge in [-0.3, -0.25) is 9.97 Å². The topological polar surface area (TPSA) is 95.8 Å². The molecule has 1 aliphatic heterocycles. The fraction of sp³-hybridized carbons (Fsp3) is 0.0851. The molecule has 0 saturated carbocycles. The van der Waals surface area contributed by atoms with Crippen LogP contribution >= 0.6 is 11.6 Å². The third kappa shape index (κ3) is 13.3. The summed E-state index contributed by atoms with van der Waals surface area (Å²) in [6, 6.07) is 110. The molecule has 0 radical (unpaired) electrons. The van der Waals surface area contributed by atoms with Crippen LogP contribution in [0.25, 0.3) is 165 Å². The molecule has 0 amide bonds. The maximum Gasteiger partial charge on any atom is 0.494 e. The van der Waals surface area contributed by atoms with Crippen LogP contribution in [-0.2, 0) is 9.31 Å². The van der Waals surface area contributed by atoms with Crippen LogP contribution in [0.5, 0.6) is 0 Å². The number of halogens is 1. The molecule has 0 bridgehead atoms. The van der Waals surface area contributed by atoms with Gasteiger partial charge in [0.25, 0.3) is 0 Å². The highest BCUT2D eigenvalue weighted by Crippen LogP contribution is 2.41. The molecule has 8 nitrogen and oxygen atoms in total. The molecule has 18 aromatic rings. The van der Waals surface area contributed by atoms with Crippen molar-refractivity contribution in [3.8, 4) is 78.7 Å². The van der Waals surface area contributed by atoms with Crippen molar-refractivity contribution in [2.24, 2.45) is 0 Å². The Balaban J connectivity index is 0.000000131. The largest absolute Gasteiger partial charge is 0.494 e. The van der Waals surface area contributed by atoms with Crippen molar-refractivity contribution in [3.05, 3.63) is 333 Å². The van der Waals surface area contributed by atoms with Gasteiger partial charge in [-0.1, -0.05) is 270 Å². The monoisotopic (exact) mass is 1360 g/mol. The van der Waals surface area contributed by atoms with Crippen molar-refractivity contribution in [1.82, 2.24) is 29.9 Å². The maximum atomic E-state index is 6.42.